The number of imidazole rings is 1. The molecule has 0 unspecified atom stereocenters. The average molecular weight is 295 g/mol. The van der Waals surface area contributed by atoms with Gasteiger partial charge in [-0.2, -0.15) is 0 Å². The number of rotatable bonds is 13. The van der Waals surface area contributed by atoms with Crippen molar-refractivity contribution in [3.8, 4) is 0 Å². The second kappa shape index (κ2) is 11.8. The lowest BCUT2D eigenvalue weighted by Gasteiger charge is -2.11. The normalized spacial score (nSPS) is 11.2. The van der Waals surface area contributed by atoms with E-state index in [1.165, 1.54) is 50.6 Å². The number of hydrogen-bond acceptors (Lipinski definition) is 3. The molecule has 0 saturated heterocycles. The fraction of sp³-hybridized carbons (Fsp3) is 0.824. The van der Waals surface area contributed by atoms with Crippen molar-refractivity contribution in [1.82, 2.24) is 14.9 Å². The number of hydrogen-bond donors (Lipinski definition) is 1. The highest BCUT2D eigenvalue weighted by Gasteiger charge is 2.05. The van der Waals surface area contributed by atoms with Gasteiger partial charge in [0.05, 0.1) is 12.3 Å². The first-order valence-corrected chi connectivity index (χ1v) is 8.50. The van der Waals surface area contributed by atoms with Crippen molar-refractivity contribution in [2.45, 2.75) is 71.9 Å². The van der Waals surface area contributed by atoms with Crippen molar-refractivity contribution >= 4 is 0 Å². The van der Waals surface area contributed by atoms with Crippen LogP contribution in [0.1, 0.15) is 63.4 Å². The van der Waals surface area contributed by atoms with Crippen molar-refractivity contribution in [3.05, 3.63) is 17.7 Å². The van der Waals surface area contributed by atoms with Gasteiger partial charge in [-0.05, 0) is 13.3 Å². The van der Waals surface area contributed by atoms with Crippen LogP contribution in [-0.2, 0) is 17.8 Å². The predicted octanol–water partition coefficient (Wildman–Crippen LogP) is 3.68. The van der Waals surface area contributed by atoms with E-state index in [1.807, 2.05) is 6.20 Å². The molecule has 0 aromatic carbocycles. The Balaban J connectivity index is 2.22. The van der Waals surface area contributed by atoms with E-state index >= 15 is 0 Å². The number of methoxy groups -OCH3 is 1. The molecule has 0 atom stereocenters. The van der Waals surface area contributed by atoms with Gasteiger partial charge < -0.3 is 14.6 Å². The number of aryl methyl sites for hydroxylation is 1. The minimum atomic E-state index is 0.755. The standard InChI is InChI=1S/C17H33N3O/c1-4-5-6-7-8-9-10-12-20-16(2)19-15-17(20)14-18-11-13-21-3/h15,18H,4-14H2,1-3H3. The molecular formula is C17H33N3O. The number of ether oxygens (including phenoxy) is 1. The van der Waals surface area contributed by atoms with E-state index in [0.29, 0.717) is 0 Å². The number of nitrogens with one attached hydrogen (secondary N) is 1. The summed E-state index contributed by atoms with van der Waals surface area (Å²) in [5.41, 5.74) is 1.29. The average Bonchev–Trinajstić information content (AvgIpc) is 2.83. The molecule has 1 N–H and O–H groups in total. The van der Waals surface area contributed by atoms with Crippen molar-refractivity contribution in [2.24, 2.45) is 0 Å². The fourth-order valence-electron chi connectivity index (χ4n) is 2.58. The summed E-state index contributed by atoms with van der Waals surface area (Å²) in [5.74, 6) is 1.13. The summed E-state index contributed by atoms with van der Waals surface area (Å²) in [4.78, 5) is 4.45. The molecule has 4 nitrogen and oxygen atoms in total. The monoisotopic (exact) mass is 295 g/mol. The Hall–Kier alpha value is -0.870. The molecule has 0 aliphatic heterocycles. The lowest BCUT2D eigenvalue weighted by molar-refractivity contribution is 0.199. The molecule has 1 rings (SSSR count). The van der Waals surface area contributed by atoms with Gasteiger partial charge in [-0.3, -0.25) is 0 Å². The van der Waals surface area contributed by atoms with Crippen LogP contribution in [0.3, 0.4) is 0 Å². The van der Waals surface area contributed by atoms with E-state index in [0.717, 1.165) is 32.1 Å². The summed E-state index contributed by atoms with van der Waals surface area (Å²) in [5, 5.41) is 3.40. The molecule has 0 amide bonds. The summed E-state index contributed by atoms with van der Waals surface area (Å²) < 4.78 is 7.40. The largest absolute Gasteiger partial charge is 0.383 e. The summed E-state index contributed by atoms with van der Waals surface area (Å²) in [6, 6.07) is 0. The smallest absolute Gasteiger partial charge is 0.105 e. The minimum Gasteiger partial charge on any atom is -0.383 e. The Morgan fingerprint density at radius 2 is 1.86 bits per heavy atom. The SMILES string of the molecule is CCCCCCCCCn1c(CNCCOC)cnc1C. The molecule has 122 valence electrons. The molecular weight excluding hydrogens is 262 g/mol. The predicted molar refractivity (Wildman–Crippen MR) is 88.5 cm³/mol. The third-order valence-corrected chi connectivity index (χ3v) is 3.91. The first-order valence-electron chi connectivity index (χ1n) is 8.50. The molecule has 1 aromatic rings. The number of aromatic nitrogens is 2. The van der Waals surface area contributed by atoms with Gasteiger partial charge >= 0.3 is 0 Å². The highest BCUT2D eigenvalue weighted by molar-refractivity contribution is 5.04. The topological polar surface area (TPSA) is 39.1 Å². The molecule has 0 spiro atoms. The van der Waals surface area contributed by atoms with Gasteiger partial charge in [0.25, 0.3) is 0 Å². The van der Waals surface area contributed by atoms with Crippen LogP contribution in [-0.4, -0.2) is 29.8 Å². The van der Waals surface area contributed by atoms with Gasteiger partial charge in [-0.25, -0.2) is 4.98 Å². The Kier molecular flexibility index (Phi) is 10.2. The molecule has 0 fully saturated rings. The maximum absolute atomic E-state index is 5.05. The van der Waals surface area contributed by atoms with Crippen LogP contribution in [0.15, 0.2) is 6.20 Å². The third-order valence-electron chi connectivity index (χ3n) is 3.91. The fourth-order valence-corrected chi connectivity index (χ4v) is 2.58. The minimum absolute atomic E-state index is 0.755. The lowest BCUT2D eigenvalue weighted by atomic mass is 10.1. The van der Waals surface area contributed by atoms with Crippen LogP contribution in [0, 0.1) is 6.92 Å². The molecule has 1 heterocycles. The van der Waals surface area contributed by atoms with Crippen molar-refractivity contribution < 1.29 is 4.74 Å². The van der Waals surface area contributed by atoms with Gasteiger partial charge in [0, 0.05) is 32.9 Å². The zero-order valence-electron chi connectivity index (χ0n) is 14.2. The maximum atomic E-state index is 5.05. The maximum Gasteiger partial charge on any atom is 0.105 e. The second-order valence-electron chi connectivity index (χ2n) is 5.74. The number of nitrogens with zero attached hydrogens (tertiary/aromatic N) is 2. The van der Waals surface area contributed by atoms with Crippen LogP contribution in [0.2, 0.25) is 0 Å². The Morgan fingerprint density at radius 3 is 2.57 bits per heavy atom. The summed E-state index contributed by atoms with van der Waals surface area (Å²) in [6.45, 7) is 7.98. The van der Waals surface area contributed by atoms with Crippen LogP contribution in [0.25, 0.3) is 0 Å². The second-order valence-corrected chi connectivity index (χ2v) is 5.74. The van der Waals surface area contributed by atoms with Crippen molar-refractivity contribution in [1.29, 1.82) is 0 Å². The van der Waals surface area contributed by atoms with Crippen LogP contribution in [0.4, 0.5) is 0 Å². The van der Waals surface area contributed by atoms with Gasteiger partial charge in [-0.1, -0.05) is 45.4 Å². The summed E-state index contributed by atoms with van der Waals surface area (Å²) in [7, 11) is 1.73. The molecule has 4 heteroatoms. The van der Waals surface area contributed by atoms with E-state index < -0.39 is 0 Å². The van der Waals surface area contributed by atoms with E-state index in [-0.39, 0.29) is 0 Å². The summed E-state index contributed by atoms with van der Waals surface area (Å²) >= 11 is 0. The van der Waals surface area contributed by atoms with Crippen LogP contribution < -0.4 is 5.32 Å². The number of unbranched alkanes of at least 4 members (excludes halogenated alkanes) is 6. The van der Waals surface area contributed by atoms with Gasteiger partial charge in [0.15, 0.2) is 0 Å². The third kappa shape index (κ3) is 7.63. The molecule has 1 aromatic heterocycles. The molecule has 0 saturated carbocycles. The van der Waals surface area contributed by atoms with Crippen LogP contribution in [0.5, 0.6) is 0 Å². The van der Waals surface area contributed by atoms with E-state index in [4.69, 9.17) is 4.74 Å². The van der Waals surface area contributed by atoms with Crippen molar-refractivity contribution in [2.75, 3.05) is 20.3 Å². The Bertz CT molecular complexity index is 363. The lowest BCUT2D eigenvalue weighted by Crippen LogP contribution is -2.20. The molecule has 0 radical (unpaired) electrons. The highest BCUT2D eigenvalue weighted by Crippen LogP contribution is 2.11. The van der Waals surface area contributed by atoms with Gasteiger partial charge in [0.2, 0.25) is 0 Å². The first kappa shape index (κ1) is 18.2. The highest BCUT2D eigenvalue weighted by atomic mass is 16.5. The van der Waals surface area contributed by atoms with E-state index in [2.05, 4.69) is 28.7 Å². The Labute approximate surface area is 130 Å². The zero-order valence-corrected chi connectivity index (χ0v) is 14.2. The van der Waals surface area contributed by atoms with Gasteiger partial charge in [0.1, 0.15) is 5.82 Å². The van der Waals surface area contributed by atoms with E-state index in [1.54, 1.807) is 7.11 Å². The molecule has 21 heavy (non-hydrogen) atoms. The zero-order chi connectivity index (χ0) is 15.3. The summed E-state index contributed by atoms with van der Waals surface area (Å²) in [6.07, 6.45) is 11.5. The van der Waals surface area contributed by atoms with Crippen LogP contribution >= 0.6 is 0 Å². The van der Waals surface area contributed by atoms with Crippen molar-refractivity contribution in [3.63, 3.8) is 0 Å². The molecule has 0 bridgehead atoms. The van der Waals surface area contributed by atoms with E-state index in [9.17, 15) is 0 Å². The Morgan fingerprint density at radius 1 is 1.14 bits per heavy atom. The first-order chi connectivity index (χ1) is 10.3. The molecule has 0 aliphatic rings. The molecule has 0 aliphatic carbocycles. The van der Waals surface area contributed by atoms with Gasteiger partial charge in [-0.15, -0.1) is 0 Å². The quantitative estimate of drug-likeness (QED) is 0.564.